The minimum atomic E-state index is 0.00311. The highest BCUT2D eigenvalue weighted by atomic mass is 35.5. The van der Waals surface area contributed by atoms with Crippen LogP contribution in [0.3, 0.4) is 0 Å². The fourth-order valence-electron chi connectivity index (χ4n) is 4.62. The molecule has 1 aromatic carbocycles. The van der Waals surface area contributed by atoms with Crippen LogP contribution in [0.25, 0.3) is 4.96 Å². The maximum atomic E-state index is 13.4. The Morgan fingerprint density at radius 1 is 1.30 bits per heavy atom. The van der Waals surface area contributed by atoms with Crippen LogP contribution in [0.4, 0.5) is 0 Å². The van der Waals surface area contributed by atoms with E-state index in [2.05, 4.69) is 15.4 Å². The molecule has 4 heterocycles. The van der Waals surface area contributed by atoms with Gasteiger partial charge >= 0.3 is 0 Å². The molecule has 5 rings (SSSR count). The molecule has 158 valence electrons. The molecular formula is C22H25ClN4O2S. The summed E-state index contributed by atoms with van der Waals surface area (Å²) in [5, 5.41) is 2.87. The second-order valence-corrected chi connectivity index (χ2v) is 9.55. The summed E-state index contributed by atoms with van der Waals surface area (Å²) in [5.41, 5.74) is 4.05. The first-order valence-electron chi connectivity index (χ1n) is 10.4. The molecule has 0 saturated carbocycles. The van der Waals surface area contributed by atoms with E-state index in [1.54, 1.807) is 11.3 Å². The van der Waals surface area contributed by atoms with Crippen LogP contribution < -0.4 is 0 Å². The topological polar surface area (TPSA) is 50.1 Å². The Labute approximate surface area is 185 Å². The molecule has 3 aromatic rings. The van der Waals surface area contributed by atoms with E-state index in [4.69, 9.17) is 21.3 Å². The second-order valence-electron chi connectivity index (χ2n) is 8.27. The molecule has 0 unspecified atom stereocenters. The van der Waals surface area contributed by atoms with Crippen molar-refractivity contribution in [1.29, 1.82) is 0 Å². The first kappa shape index (κ1) is 20.0. The number of carbonyl (C=O) groups is 1. The van der Waals surface area contributed by atoms with Gasteiger partial charge in [0.15, 0.2) is 10.7 Å². The summed E-state index contributed by atoms with van der Waals surface area (Å²) >= 11 is 7.94. The molecule has 2 atom stereocenters. The van der Waals surface area contributed by atoms with Crippen LogP contribution in [0, 0.1) is 0 Å². The number of imidazole rings is 1. The summed E-state index contributed by atoms with van der Waals surface area (Å²) in [7, 11) is 0. The van der Waals surface area contributed by atoms with E-state index in [1.807, 2.05) is 42.5 Å². The number of hydrogen-bond donors (Lipinski definition) is 0. The molecule has 1 saturated heterocycles. The number of nitrogens with zero attached hydrogens (tertiary/aromatic N) is 4. The van der Waals surface area contributed by atoms with Crippen molar-refractivity contribution in [1.82, 2.24) is 19.2 Å². The molecule has 8 heteroatoms. The van der Waals surface area contributed by atoms with Gasteiger partial charge in [-0.1, -0.05) is 23.7 Å². The van der Waals surface area contributed by atoms with Gasteiger partial charge in [0.2, 0.25) is 0 Å². The van der Waals surface area contributed by atoms with Gasteiger partial charge in [-0.3, -0.25) is 14.1 Å². The van der Waals surface area contributed by atoms with Gasteiger partial charge in [0, 0.05) is 49.3 Å². The Balaban J connectivity index is 1.43. The highest BCUT2D eigenvalue weighted by Crippen LogP contribution is 2.28. The molecule has 0 bridgehead atoms. The summed E-state index contributed by atoms with van der Waals surface area (Å²) in [4.78, 5) is 23.3. The Hall–Kier alpha value is -1.93. The second kappa shape index (κ2) is 7.96. The van der Waals surface area contributed by atoms with Crippen molar-refractivity contribution in [3.63, 3.8) is 0 Å². The number of amides is 1. The van der Waals surface area contributed by atoms with E-state index in [0.717, 1.165) is 35.2 Å². The monoisotopic (exact) mass is 444 g/mol. The maximum absolute atomic E-state index is 13.4. The highest BCUT2D eigenvalue weighted by molar-refractivity contribution is 7.15. The average molecular weight is 445 g/mol. The number of thiazole rings is 1. The number of fused-ring (bicyclic) bond motifs is 2. The number of morpholine rings is 1. The van der Waals surface area contributed by atoms with Gasteiger partial charge in [0.1, 0.15) is 0 Å². The molecular weight excluding hydrogens is 420 g/mol. The SMILES string of the molecule is C[C@@H]1CN(C(=O)c2nc3sccn3c2CN2CCc3c(Cl)cccc3C2)C[C@H](C)O1. The first-order valence-corrected chi connectivity index (χ1v) is 11.6. The summed E-state index contributed by atoms with van der Waals surface area (Å²) in [6.07, 6.45) is 3.00. The molecule has 2 aliphatic rings. The fraction of sp³-hybridized carbons (Fsp3) is 0.455. The van der Waals surface area contributed by atoms with Gasteiger partial charge in [-0.05, 0) is 37.5 Å². The third-order valence-electron chi connectivity index (χ3n) is 5.93. The van der Waals surface area contributed by atoms with Gasteiger partial charge in [-0.15, -0.1) is 11.3 Å². The summed E-state index contributed by atoms with van der Waals surface area (Å²) < 4.78 is 7.87. The summed E-state index contributed by atoms with van der Waals surface area (Å²) in [6.45, 7) is 7.64. The molecule has 30 heavy (non-hydrogen) atoms. The number of rotatable bonds is 3. The van der Waals surface area contributed by atoms with Crippen LogP contribution in [-0.4, -0.2) is 56.9 Å². The molecule has 2 aliphatic heterocycles. The first-order chi connectivity index (χ1) is 14.5. The zero-order chi connectivity index (χ0) is 20.8. The molecule has 0 spiro atoms. The van der Waals surface area contributed by atoms with Gasteiger partial charge in [-0.25, -0.2) is 4.98 Å². The smallest absolute Gasteiger partial charge is 0.274 e. The van der Waals surface area contributed by atoms with E-state index in [9.17, 15) is 4.79 Å². The minimum absolute atomic E-state index is 0.00311. The Kier molecular flexibility index (Phi) is 5.31. The number of ether oxygens (including phenoxy) is 1. The molecule has 2 aromatic heterocycles. The molecule has 1 amide bonds. The van der Waals surface area contributed by atoms with Gasteiger partial charge in [0.25, 0.3) is 5.91 Å². The minimum Gasteiger partial charge on any atom is -0.372 e. The van der Waals surface area contributed by atoms with E-state index < -0.39 is 0 Å². The maximum Gasteiger partial charge on any atom is 0.274 e. The Morgan fingerprint density at radius 3 is 2.90 bits per heavy atom. The fourth-order valence-corrected chi connectivity index (χ4v) is 5.64. The Bertz CT molecular complexity index is 1080. The standard InChI is InChI=1S/C22H25ClN4O2S/c1-14-10-26(11-15(2)29-14)21(28)20-19(27-8-9-30-22(27)24-20)13-25-7-6-17-16(12-25)4-3-5-18(17)23/h3-5,8-9,14-15H,6-7,10-13H2,1-2H3/t14-,15+. The van der Waals surface area contributed by atoms with Gasteiger partial charge in [-0.2, -0.15) is 0 Å². The van der Waals surface area contributed by atoms with E-state index in [1.165, 1.54) is 11.1 Å². The number of aromatic nitrogens is 2. The lowest BCUT2D eigenvalue weighted by molar-refractivity contribution is -0.0587. The Morgan fingerprint density at radius 2 is 2.10 bits per heavy atom. The predicted molar refractivity (Wildman–Crippen MR) is 118 cm³/mol. The van der Waals surface area contributed by atoms with Crippen LogP contribution in [0.1, 0.15) is 41.2 Å². The quantitative estimate of drug-likeness (QED) is 0.615. The van der Waals surface area contributed by atoms with Crippen molar-refractivity contribution in [2.24, 2.45) is 0 Å². The normalized spacial score (nSPS) is 22.4. The van der Waals surface area contributed by atoms with Crippen molar-refractivity contribution in [2.45, 2.75) is 45.6 Å². The van der Waals surface area contributed by atoms with Crippen molar-refractivity contribution in [3.8, 4) is 0 Å². The van der Waals surface area contributed by atoms with Crippen molar-refractivity contribution in [3.05, 3.63) is 57.3 Å². The van der Waals surface area contributed by atoms with E-state index in [0.29, 0.717) is 25.3 Å². The lowest BCUT2D eigenvalue weighted by Gasteiger charge is -2.35. The predicted octanol–water partition coefficient (Wildman–Crippen LogP) is 3.86. The zero-order valence-electron chi connectivity index (χ0n) is 17.2. The third kappa shape index (κ3) is 3.64. The van der Waals surface area contributed by atoms with E-state index >= 15 is 0 Å². The average Bonchev–Trinajstić information content (AvgIpc) is 3.29. The lowest BCUT2D eigenvalue weighted by Crippen LogP contribution is -2.48. The van der Waals surface area contributed by atoms with Crippen molar-refractivity contribution < 1.29 is 9.53 Å². The lowest BCUT2D eigenvalue weighted by atomic mass is 9.99. The largest absolute Gasteiger partial charge is 0.372 e. The molecule has 0 aliphatic carbocycles. The summed E-state index contributed by atoms with van der Waals surface area (Å²) in [5.74, 6) is 0.00311. The van der Waals surface area contributed by atoms with E-state index in [-0.39, 0.29) is 18.1 Å². The van der Waals surface area contributed by atoms with Crippen LogP contribution in [0.5, 0.6) is 0 Å². The third-order valence-corrected chi connectivity index (χ3v) is 7.04. The molecule has 6 nitrogen and oxygen atoms in total. The number of benzene rings is 1. The highest BCUT2D eigenvalue weighted by Gasteiger charge is 2.31. The number of hydrogen-bond acceptors (Lipinski definition) is 5. The van der Waals surface area contributed by atoms with Gasteiger partial charge < -0.3 is 9.64 Å². The van der Waals surface area contributed by atoms with Crippen LogP contribution in [-0.2, 0) is 24.2 Å². The van der Waals surface area contributed by atoms with Crippen molar-refractivity contribution >= 4 is 33.8 Å². The van der Waals surface area contributed by atoms with Gasteiger partial charge in [0.05, 0.1) is 17.9 Å². The molecule has 0 radical (unpaired) electrons. The van der Waals surface area contributed by atoms with Crippen LogP contribution in [0.15, 0.2) is 29.8 Å². The van der Waals surface area contributed by atoms with Crippen LogP contribution >= 0.6 is 22.9 Å². The number of halogens is 1. The van der Waals surface area contributed by atoms with Crippen LogP contribution in [0.2, 0.25) is 5.02 Å². The molecule has 1 fully saturated rings. The summed E-state index contributed by atoms with van der Waals surface area (Å²) in [6, 6.07) is 6.12. The zero-order valence-corrected chi connectivity index (χ0v) is 18.7. The number of carbonyl (C=O) groups excluding carboxylic acids is 1. The van der Waals surface area contributed by atoms with Crippen molar-refractivity contribution in [2.75, 3.05) is 19.6 Å². The molecule has 0 N–H and O–H groups in total.